The number of nitrogens with zero attached hydrogens (tertiary/aromatic N) is 2. The molecule has 1 fully saturated rings. The van der Waals surface area contributed by atoms with Crippen LogP contribution in [0.1, 0.15) is 92.9 Å². The van der Waals surface area contributed by atoms with Gasteiger partial charge < -0.3 is 15.5 Å². The fourth-order valence-corrected chi connectivity index (χ4v) is 5.79. The lowest BCUT2D eigenvalue weighted by Crippen LogP contribution is -2.62. The van der Waals surface area contributed by atoms with E-state index >= 15 is 0 Å². The SMILES string of the molecule is CCCCC(CC)(CSc1ccccn1)NC(=O)NC(C(=O)N1CCCCC1CC)C(C)(C)C. The van der Waals surface area contributed by atoms with Crippen LogP contribution < -0.4 is 10.6 Å². The molecule has 34 heavy (non-hydrogen) atoms. The molecule has 2 N–H and O–H groups in total. The van der Waals surface area contributed by atoms with Gasteiger partial charge in [0, 0.05) is 24.5 Å². The maximum absolute atomic E-state index is 13.6. The molecule has 192 valence electrons. The van der Waals surface area contributed by atoms with Crippen LogP contribution in [-0.4, -0.2) is 51.7 Å². The van der Waals surface area contributed by atoms with Gasteiger partial charge in [0.25, 0.3) is 0 Å². The van der Waals surface area contributed by atoms with E-state index in [-0.39, 0.29) is 28.9 Å². The summed E-state index contributed by atoms with van der Waals surface area (Å²) in [4.78, 5) is 33.5. The Bertz CT molecular complexity index is 768. The van der Waals surface area contributed by atoms with Gasteiger partial charge in [-0.25, -0.2) is 9.78 Å². The van der Waals surface area contributed by atoms with E-state index in [4.69, 9.17) is 0 Å². The normalized spacial score (nSPS) is 19.2. The number of nitrogens with one attached hydrogen (secondary N) is 2. The molecule has 1 aromatic rings. The Morgan fingerprint density at radius 2 is 1.97 bits per heavy atom. The molecule has 1 aliphatic rings. The second-order valence-corrected chi connectivity index (χ2v) is 11.7. The Kier molecular flexibility index (Phi) is 11.2. The molecule has 1 saturated heterocycles. The van der Waals surface area contributed by atoms with E-state index in [0.717, 1.165) is 62.3 Å². The van der Waals surface area contributed by atoms with Crippen LogP contribution in [-0.2, 0) is 4.79 Å². The van der Waals surface area contributed by atoms with Gasteiger partial charge in [0.2, 0.25) is 5.91 Å². The number of rotatable bonds is 11. The van der Waals surface area contributed by atoms with Crippen LogP contribution in [0.15, 0.2) is 29.4 Å². The minimum atomic E-state index is -0.566. The van der Waals surface area contributed by atoms with Gasteiger partial charge in [-0.05, 0) is 56.1 Å². The average molecular weight is 491 g/mol. The fourth-order valence-electron chi connectivity index (χ4n) is 4.64. The summed E-state index contributed by atoms with van der Waals surface area (Å²) in [6, 6.07) is 5.35. The van der Waals surface area contributed by atoms with Gasteiger partial charge in [-0.3, -0.25) is 4.79 Å². The molecular formula is C27H46N4O2S. The second kappa shape index (κ2) is 13.4. The van der Waals surface area contributed by atoms with Gasteiger partial charge in [0.15, 0.2) is 0 Å². The first kappa shape index (κ1) is 28.5. The lowest BCUT2D eigenvalue weighted by atomic mass is 9.84. The number of aromatic nitrogens is 1. The molecule has 0 aliphatic carbocycles. The van der Waals surface area contributed by atoms with Crippen molar-refractivity contribution >= 4 is 23.7 Å². The summed E-state index contributed by atoms with van der Waals surface area (Å²) in [6.07, 6.45) is 9.81. The number of pyridine rings is 1. The number of piperidine rings is 1. The Morgan fingerprint density at radius 3 is 2.56 bits per heavy atom. The molecule has 1 aromatic heterocycles. The van der Waals surface area contributed by atoms with Crippen molar-refractivity contribution in [1.29, 1.82) is 0 Å². The first-order valence-electron chi connectivity index (χ1n) is 13.1. The van der Waals surface area contributed by atoms with E-state index in [0.29, 0.717) is 0 Å². The van der Waals surface area contributed by atoms with Crippen LogP contribution in [0.3, 0.4) is 0 Å². The lowest BCUT2D eigenvalue weighted by molar-refractivity contribution is -0.139. The van der Waals surface area contributed by atoms with Crippen molar-refractivity contribution in [3.05, 3.63) is 24.4 Å². The number of carbonyl (C=O) groups excluding carboxylic acids is 2. The molecule has 3 unspecified atom stereocenters. The molecule has 6 nitrogen and oxygen atoms in total. The molecule has 2 rings (SSSR count). The van der Waals surface area contributed by atoms with Crippen LogP contribution in [0.4, 0.5) is 4.79 Å². The highest BCUT2D eigenvalue weighted by molar-refractivity contribution is 7.99. The van der Waals surface area contributed by atoms with Crippen LogP contribution in [0.2, 0.25) is 0 Å². The largest absolute Gasteiger partial charge is 0.338 e. The van der Waals surface area contributed by atoms with Gasteiger partial charge in [-0.15, -0.1) is 11.8 Å². The Morgan fingerprint density at radius 1 is 1.21 bits per heavy atom. The van der Waals surface area contributed by atoms with E-state index in [1.807, 2.05) is 43.9 Å². The number of thioether (sulfide) groups is 1. The zero-order valence-electron chi connectivity index (χ0n) is 22.2. The van der Waals surface area contributed by atoms with Crippen molar-refractivity contribution in [2.75, 3.05) is 12.3 Å². The van der Waals surface area contributed by atoms with Gasteiger partial charge in [-0.2, -0.15) is 0 Å². The zero-order chi connectivity index (χ0) is 25.2. The molecule has 1 aliphatic heterocycles. The van der Waals surface area contributed by atoms with Crippen molar-refractivity contribution in [2.24, 2.45) is 5.41 Å². The number of urea groups is 1. The first-order valence-corrected chi connectivity index (χ1v) is 14.1. The summed E-state index contributed by atoms with van der Waals surface area (Å²) in [5, 5.41) is 7.35. The Hall–Kier alpha value is -1.76. The van der Waals surface area contributed by atoms with Crippen LogP contribution >= 0.6 is 11.8 Å². The molecule has 0 saturated carbocycles. The van der Waals surface area contributed by atoms with Crippen molar-refractivity contribution in [1.82, 2.24) is 20.5 Å². The Labute approximate surface area is 211 Å². The summed E-state index contributed by atoms with van der Waals surface area (Å²) < 4.78 is 0. The van der Waals surface area contributed by atoms with E-state index in [2.05, 4.69) is 36.4 Å². The van der Waals surface area contributed by atoms with E-state index in [1.54, 1.807) is 18.0 Å². The number of unbranched alkanes of at least 4 members (excludes halogenated alkanes) is 1. The number of hydrogen-bond acceptors (Lipinski definition) is 4. The van der Waals surface area contributed by atoms with Gasteiger partial charge in [-0.1, -0.05) is 60.5 Å². The topological polar surface area (TPSA) is 74.3 Å². The highest BCUT2D eigenvalue weighted by atomic mass is 32.2. The van der Waals surface area contributed by atoms with E-state index in [9.17, 15) is 9.59 Å². The molecule has 3 atom stereocenters. The third-order valence-corrected chi connectivity index (χ3v) is 8.20. The van der Waals surface area contributed by atoms with Gasteiger partial charge in [0.05, 0.1) is 10.6 Å². The summed E-state index contributed by atoms with van der Waals surface area (Å²) >= 11 is 1.67. The molecule has 7 heteroatoms. The summed E-state index contributed by atoms with van der Waals surface area (Å²) in [6.45, 7) is 13.3. The minimum Gasteiger partial charge on any atom is -0.338 e. The third-order valence-electron chi connectivity index (χ3n) is 6.97. The van der Waals surface area contributed by atoms with Crippen molar-refractivity contribution in [3.8, 4) is 0 Å². The number of carbonyl (C=O) groups is 2. The smallest absolute Gasteiger partial charge is 0.315 e. The van der Waals surface area contributed by atoms with Crippen molar-refractivity contribution in [3.63, 3.8) is 0 Å². The zero-order valence-corrected chi connectivity index (χ0v) is 23.0. The summed E-state index contributed by atoms with van der Waals surface area (Å²) in [7, 11) is 0. The lowest BCUT2D eigenvalue weighted by Gasteiger charge is -2.41. The van der Waals surface area contributed by atoms with Gasteiger partial charge in [0.1, 0.15) is 6.04 Å². The minimum absolute atomic E-state index is 0.0488. The van der Waals surface area contributed by atoms with Crippen LogP contribution in [0.5, 0.6) is 0 Å². The van der Waals surface area contributed by atoms with Crippen LogP contribution in [0, 0.1) is 5.41 Å². The standard InChI is InChI=1S/C27H46N4O2S/c1-7-10-17-27(9-3,20-34-22-16-11-13-18-28-22)30-25(33)29-23(26(4,5)6)24(32)31-19-14-12-15-21(31)8-2/h11,13,16,18,21,23H,7-10,12,14-15,17,19-20H2,1-6H3,(H2,29,30,33). The monoisotopic (exact) mass is 490 g/mol. The van der Waals surface area contributed by atoms with E-state index < -0.39 is 6.04 Å². The maximum atomic E-state index is 13.6. The predicted molar refractivity (Wildman–Crippen MR) is 142 cm³/mol. The Balaban J connectivity index is 2.16. The fraction of sp³-hybridized carbons (Fsp3) is 0.741. The molecule has 3 amide bonds. The number of likely N-dealkylation sites (tertiary alicyclic amines) is 1. The molecule has 0 aromatic carbocycles. The molecule has 0 bridgehead atoms. The molecule has 0 spiro atoms. The highest BCUT2D eigenvalue weighted by Crippen LogP contribution is 2.29. The number of hydrogen-bond donors (Lipinski definition) is 2. The summed E-state index contributed by atoms with van der Waals surface area (Å²) in [5.74, 6) is 0.791. The third kappa shape index (κ3) is 8.17. The maximum Gasteiger partial charge on any atom is 0.315 e. The number of amides is 3. The molecular weight excluding hydrogens is 444 g/mol. The van der Waals surface area contributed by atoms with Crippen molar-refractivity contribution < 1.29 is 9.59 Å². The molecule has 0 radical (unpaired) electrons. The summed E-state index contributed by atoms with van der Waals surface area (Å²) in [5.41, 5.74) is -0.740. The quantitative estimate of drug-likeness (QED) is 0.372. The molecule has 2 heterocycles. The first-order chi connectivity index (χ1) is 16.2. The average Bonchev–Trinajstić information content (AvgIpc) is 2.83. The second-order valence-electron chi connectivity index (χ2n) is 10.7. The van der Waals surface area contributed by atoms with E-state index in [1.165, 1.54) is 6.42 Å². The van der Waals surface area contributed by atoms with Gasteiger partial charge >= 0.3 is 6.03 Å². The predicted octanol–water partition coefficient (Wildman–Crippen LogP) is 6.02. The highest BCUT2D eigenvalue weighted by Gasteiger charge is 2.39. The van der Waals surface area contributed by atoms with Crippen molar-refractivity contribution in [2.45, 2.75) is 116 Å². The van der Waals surface area contributed by atoms with Crippen LogP contribution in [0.25, 0.3) is 0 Å².